The molecule has 0 aliphatic rings. The molecule has 0 aliphatic carbocycles. The molecule has 0 spiro atoms. The fourth-order valence-corrected chi connectivity index (χ4v) is 2.31. The number of carboxylic acids is 1. The first-order valence-electron chi connectivity index (χ1n) is 6.66. The van der Waals surface area contributed by atoms with Crippen molar-refractivity contribution in [2.24, 2.45) is 0 Å². The predicted octanol–water partition coefficient (Wildman–Crippen LogP) is 4.03. The van der Waals surface area contributed by atoms with Gasteiger partial charge in [-0.1, -0.05) is 29.8 Å². The lowest BCUT2D eigenvalue weighted by molar-refractivity contribution is -0.145. The van der Waals surface area contributed by atoms with Gasteiger partial charge in [0.05, 0.1) is 0 Å². The first kappa shape index (κ1) is 15.4. The zero-order valence-corrected chi connectivity index (χ0v) is 12.7. The number of benzene rings is 2. The maximum atomic E-state index is 11.4. The first-order valence-corrected chi connectivity index (χ1v) is 7.04. The Morgan fingerprint density at radius 2 is 1.71 bits per heavy atom. The smallest absolute Gasteiger partial charge is 0.345 e. The molecular formula is C17H17ClO3. The van der Waals surface area contributed by atoms with Gasteiger partial charge >= 0.3 is 5.97 Å². The number of aliphatic carboxylic acids is 1. The monoisotopic (exact) mass is 304 g/mol. The van der Waals surface area contributed by atoms with Crippen molar-refractivity contribution in [3.63, 3.8) is 0 Å². The summed E-state index contributed by atoms with van der Waals surface area (Å²) in [5.74, 6) is -0.405. The van der Waals surface area contributed by atoms with Crippen LogP contribution in [-0.2, 0) is 11.2 Å². The molecule has 4 heteroatoms. The van der Waals surface area contributed by atoms with Gasteiger partial charge < -0.3 is 9.84 Å². The summed E-state index contributed by atoms with van der Waals surface area (Å²) in [4.78, 5) is 11.4. The minimum atomic E-state index is -0.982. The second-order valence-electron chi connectivity index (χ2n) is 5.10. The van der Waals surface area contributed by atoms with Gasteiger partial charge in [-0.05, 0) is 54.8 Å². The van der Waals surface area contributed by atoms with Crippen LogP contribution in [0.2, 0.25) is 5.02 Å². The van der Waals surface area contributed by atoms with Crippen molar-refractivity contribution in [2.75, 3.05) is 0 Å². The Balaban J connectivity index is 2.15. The molecule has 21 heavy (non-hydrogen) atoms. The van der Waals surface area contributed by atoms with Crippen molar-refractivity contribution in [1.29, 1.82) is 0 Å². The van der Waals surface area contributed by atoms with Crippen LogP contribution in [0.4, 0.5) is 0 Å². The average Bonchev–Trinajstić information content (AvgIpc) is 2.39. The van der Waals surface area contributed by atoms with E-state index in [1.807, 2.05) is 44.2 Å². The Bertz CT molecular complexity index is 615. The quantitative estimate of drug-likeness (QED) is 0.907. The number of aryl methyl sites for hydroxylation is 2. The Morgan fingerprint density at radius 1 is 1.14 bits per heavy atom. The summed E-state index contributed by atoms with van der Waals surface area (Å²) in [6.45, 7) is 3.91. The lowest BCUT2D eigenvalue weighted by Gasteiger charge is -2.16. The lowest BCUT2D eigenvalue weighted by Crippen LogP contribution is -2.29. The van der Waals surface area contributed by atoms with Crippen LogP contribution in [0.25, 0.3) is 0 Å². The molecule has 0 aromatic heterocycles. The summed E-state index contributed by atoms with van der Waals surface area (Å²) in [5, 5.41) is 9.96. The van der Waals surface area contributed by atoms with Crippen molar-refractivity contribution < 1.29 is 14.6 Å². The molecule has 110 valence electrons. The van der Waals surface area contributed by atoms with Crippen LogP contribution < -0.4 is 4.74 Å². The Hall–Kier alpha value is -2.00. The SMILES string of the molecule is Cc1cc(C)cc(O[C@@H](Cc2ccc(Cl)cc2)C(=O)O)c1. The number of carboxylic acid groups (broad SMARTS) is 1. The van der Waals surface area contributed by atoms with Crippen LogP contribution in [0.1, 0.15) is 16.7 Å². The fraction of sp³-hybridized carbons (Fsp3) is 0.235. The summed E-state index contributed by atoms with van der Waals surface area (Å²) < 4.78 is 5.64. The van der Waals surface area contributed by atoms with E-state index in [0.717, 1.165) is 16.7 Å². The second-order valence-corrected chi connectivity index (χ2v) is 5.54. The van der Waals surface area contributed by atoms with Crippen LogP contribution in [0, 0.1) is 13.8 Å². The Labute approximate surface area is 129 Å². The van der Waals surface area contributed by atoms with Crippen molar-refractivity contribution in [3.05, 3.63) is 64.2 Å². The van der Waals surface area contributed by atoms with Crippen molar-refractivity contribution in [2.45, 2.75) is 26.4 Å². The molecule has 0 saturated carbocycles. The van der Waals surface area contributed by atoms with Gasteiger partial charge in [-0.15, -0.1) is 0 Å². The Morgan fingerprint density at radius 3 is 2.24 bits per heavy atom. The summed E-state index contributed by atoms with van der Waals surface area (Å²) in [6.07, 6.45) is -0.633. The van der Waals surface area contributed by atoms with E-state index >= 15 is 0 Å². The standard InChI is InChI=1S/C17H17ClO3/c1-11-7-12(2)9-15(8-11)21-16(17(19)20)10-13-3-5-14(18)6-4-13/h3-9,16H,10H2,1-2H3,(H,19,20)/t16-/m0/s1. The van der Waals surface area contributed by atoms with Crippen LogP contribution in [0.3, 0.4) is 0 Å². The molecule has 3 nitrogen and oxygen atoms in total. The molecule has 1 N–H and O–H groups in total. The highest BCUT2D eigenvalue weighted by molar-refractivity contribution is 6.30. The maximum Gasteiger partial charge on any atom is 0.345 e. The minimum Gasteiger partial charge on any atom is -0.478 e. The summed E-state index contributed by atoms with van der Waals surface area (Å²) in [5.41, 5.74) is 2.96. The van der Waals surface area contributed by atoms with Crippen LogP contribution in [-0.4, -0.2) is 17.2 Å². The highest BCUT2D eigenvalue weighted by Crippen LogP contribution is 2.19. The minimum absolute atomic E-state index is 0.291. The molecule has 2 aromatic rings. The van der Waals surface area contributed by atoms with Gasteiger partial charge in [0.2, 0.25) is 0 Å². The largest absolute Gasteiger partial charge is 0.478 e. The van der Waals surface area contributed by atoms with Crippen LogP contribution in [0.5, 0.6) is 5.75 Å². The molecule has 0 amide bonds. The van der Waals surface area contributed by atoms with Crippen molar-refractivity contribution in [1.82, 2.24) is 0 Å². The topological polar surface area (TPSA) is 46.5 Å². The highest BCUT2D eigenvalue weighted by Gasteiger charge is 2.20. The number of carbonyl (C=O) groups is 1. The second kappa shape index (κ2) is 6.64. The Kier molecular flexibility index (Phi) is 4.86. The van der Waals surface area contributed by atoms with E-state index in [9.17, 15) is 9.90 Å². The predicted molar refractivity (Wildman–Crippen MR) is 83.1 cm³/mol. The normalized spacial score (nSPS) is 12.0. The number of ether oxygens (including phenoxy) is 1. The lowest BCUT2D eigenvalue weighted by atomic mass is 10.1. The summed E-state index contributed by atoms with van der Waals surface area (Å²) in [7, 11) is 0. The number of rotatable bonds is 5. The van der Waals surface area contributed by atoms with E-state index in [2.05, 4.69) is 0 Å². The molecule has 2 aromatic carbocycles. The van der Waals surface area contributed by atoms with Gasteiger partial charge in [0.1, 0.15) is 5.75 Å². The van der Waals surface area contributed by atoms with Crippen LogP contribution >= 0.6 is 11.6 Å². The number of halogens is 1. The van der Waals surface area contributed by atoms with Crippen molar-refractivity contribution in [3.8, 4) is 5.75 Å². The molecule has 0 saturated heterocycles. The number of hydrogen-bond acceptors (Lipinski definition) is 2. The zero-order chi connectivity index (χ0) is 15.4. The molecule has 0 fully saturated rings. The third-order valence-electron chi connectivity index (χ3n) is 3.08. The molecule has 0 aliphatic heterocycles. The van der Waals surface area contributed by atoms with Gasteiger partial charge in [0.15, 0.2) is 6.10 Å². The summed E-state index contributed by atoms with van der Waals surface area (Å²) in [6, 6.07) is 12.8. The van der Waals surface area contributed by atoms with E-state index in [-0.39, 0.29) is 0 Å². The maximum absolute atomic E-state index is 11.4. The van der Waals surface area contributed by atoms with Gasteiger partial charge in [-0.3, -0.25) is 0 Å². The van der Waals surface area contributed by atoms with Crippen LogP contribution in [0.15, 0.2) is 42.5 Å². The van der Waals surface area contributed by atoms with Gasteiger partial charge in [0.25, 0.3) is 0 Å². The molecular weight excluding hydrogens is 288 g/mol. The van der Waals surface area contributed by atoms with E-state index < -0.39 is 12.1 Å². The molecule has 0 bridgehead atoms. The third kappa shape index (κ3) is 4.50. The van der Waals surface area contributed by atoms with E-state index in [1.54, 1.807) is 12.1 Å². The van der Waals surface area contributed by atoms with Gasteiger partial charge in [-0.25, -0.2) is 4.79 Å². The zero-order valence-electron chi connectivity index (χ0n) is 12.0. The van der Waals surface area contributed by atoms with E-state index in [0.29, 0.717) is 17.2 Å². The fourth-order valence-electron chi connectivity index (χ4n) is 2.18. The third-order valence-corrected chi connectivity index (χ3v) is 3.34. The molecule has 1 atom stereocenters. The summed E-state index contributed by atoms with van der Waals surface area (Å²) >= 11 is 5.83. The molecule has 0 unspecified atom stereocenters. The van der Waals surface area contributed by atoms with E-state index in [1.165, 1.54) is 0 Å². The average molecular weight is 305 g/mol. The van der Waals surface area contributed by atoms with Crippen molar-refractivity contribution >= 4 is 17.6 Å². The number of hydrogen-bond donors (Lipinski definition) is 1. The molecule has 0 heterocycles. The molecule has 2 rings (SSSR count). The van der Waals surface area contributed by atoms with Gasteiger partial charge in [-0.2, -0.15) is 0 Å². The first-order chi connectivity index (χ1) is 9.94. The molecule has 0 radical (unpaired) electrons. The van der Waals surface area contributed by atoms with E-state index in [4.69, 9.17) is 16.3 Å². The highest BCUT2D eigenvalue weighted by atomic mass is 35.5. The van der Waals surface area contributed by atoms with Gasteiger partial charge in [0, 0.05) is 11.4 Å².